The smallest absolute Gasteiger partial charge is 0.407 e. The van der Waals surface area contributed by atoms with Gasteiger partial charge in [0.15, 0.2) is 0 Å². The fourth-order valence-electron chi connectivity index (χ4n) is 4.81. The van der Waals surface area contributed by atoms with Gasteiger partial charge in [-0.25, -0.2) is 9.59 Å². The van der Waals surface area contributed by atoms with E-state index in [1.807, 2.05) is 61.5 Å². The standard InChI is InChI=1S/C34H40N4O6/c1-7-38(21-24-11-9-8-10-12-24)30(39)28(19-23-13-16-26(42-6)17-14-23)37-32-36-27-18-15-25(22(2)29(27)31(40)43-32)20-35-33(41)44-34(3,4)5/h8-18,28H,7,19-21H2,1-6H3,(H,35,41)(H,36,37)/t28-/m0/s1. The van der Waals surface area contributed by atoms with E-state index >= 15 is 0 Å². The Morgan fingerprint density at radius 1 is 1.00 bits per heavy atom. The van der Waals surface area contributed by atoms with Crippen molar-refractivity contribution < 1.29 is 23.5 Å². The Hall–Kier alpha value is -4.86. The van der Waals surface area contributed by atoms with Gasteiger partial charge in [0.1, 0.15) is 17.4 Å². The second-order valence-corrected chi connectivity index (χ2v) is 11.5. The molecule has 3 aromatic carbocycles. The van der Waals surface area contributed by atoms with Crippen molar-refractivity contribution in [2.45, 2.75) is 65.8 Å². The second-order valence-electron chi connectivity index (χ2n) is 11.5. The molecular weight excluding hydrogens is 560 g/mol. The van der Waals surface area contributed by atoms with Crippen LogP contribution in [-0.2, 0) is 29.0 Å². The fourth-order valence-corrected chi connectivity index (χ4v) is 4.81. The van der Waals surface area contributed by atoms with Crippen molar-refractivity contribution in [3.8, 4) is 5.75 Å². The molecule has 0 aliphatic heterocycles. The Balaban J connectivity index is 1.61. The van der Waals surface area contributed by atoms with Crippen molar-refractivity contribution in [1.29, 1.82) is 0 Å². The molecule has 4 aromatic rings. The van der Waals surface area contributed by atoms with Crippen LogP contribution in [0.4, 0.5) is 10.8 Å². The highest BCUT2D eigenvalue weighted by molar-refractivity contribution is 5.86. The summed E-state index contributed by atoms with van der Waals surface area (Å²) in [7, 11) is 1.60. The summed E-state index contributed by atoms with van der Waals surface area (Å²) in [6, 6.07) is 19.9. The molecule has 0 aliphatic rings. The van der Waals surface area contributed by atoms with Gasteiger partial charge in [-0.3, -0.25) is 4.79 Å². The molecule has 10 nitrogen and oxygen atoms in total. The molecule has 1 heterocycles. The van der Waals surface area contributed by atoms with Crippen LogP contribution in [0.15, 0.2) is 75.9 Å². The van der Waals surface area contributed by atoms with E-state index < -0.39 is 23.4 Å². The van der Waals surface area contributed by atoms with Crippen LogP contribution in [0.1, 0.15) is 49.9 Å². The van der Waals surface area contributed by atoms with Crippen molar-refractivity contribution in [2.24, 2.45) is 0 Å². The SMILES string of the molecule is CCN(Cc1ccccc1)C(=O)[C@H](Cc1ccc(OC)cc1)Nc1nc2ccc(CNC(=O)OC(C)(C)C)c(C)c2c(=O)o1. The Morgan fingerprint density at radius 2 is 1.70 bits per heavy atom. The molecule has 0 radical (unpaired) electrons. The first kappa shape index (κ1) is 32.1. The number of amides is 2. The summed E-state index contributed by atoms with van der Waals surface area (Å²) < 4.78 is 16.2. The highest BCUT2D eigenvalue weighted by Crippen LogP contribution is 2.21. The fraction of sp³-hybridized carbons (Fsp3) is 0.353. The predicted octanol–water partition coefficient (Wildman–Crippen LogP) is 5.60. The second kappa shape index (κ2) is 14.1. The maximum atomic E-state index is 13.9. The highest BCUT2D eigenvalue weighted by atomic mass is 16.6. The van der Waals surface area contributed by atoms with Gasteiger partial charge in [-0.05, 0) is 75.1 Å². The maximum Gasteiger partial charge on any atom is 0.407 e. The third kappa shape index (κ3) is 8.37. The molecule has 0 bridgehead atoms. The average Bonchev–Trinajstić information content (AvgIpc) is 2.98. The van der Waals surface area contributed by atoms with Crippen molar-refractivity contribution >= 4 is 28.9 Å². The minimum Gasteiger partial charge on any atom is -0.497 e. The lowest BCUT2D eigenvalue weighted by Gasteiger charge is -2.27. The van der Waals surface area contributed by atoms with E-state index in [1.165, 1.54) is 0 Å². The minimum absolute atomic E-state index is 0.0517. The summed E-state index contributed by atoms with van der Waals surface area (Å²) >= 11 is 0. The van der Waals surface area contributed by atoms with Gasteiger partial charge in [0.05, 0.1) is 18.0 Å². The number of nitrogens with one attached hydrogen (secondary N) is 2. The van der Waals surface area contributed by atoms with Crippen LogP contribution in [0.2, 0.25) is 0 Å². The monoisotopic (exact) mass is 600 g/mol. The Kier molecular flexibility index (Phi) is 10.3. The van der Waals surface area contributed by atoms with E-state index in [9.17, 15) is 14.4 Å². The zero-order chi connectivity index (χ0) is 31.9. The van der Waals surface area contributed by atoms with E-state index in [-0.39, 0.29) is 18.5 Å². The van der Waals surface area contributed by atoms with Crippen LogP contribution in [0, 0.1) is 6.92 Å². The van der Waals surface area contributed by atoms with E-state index in [0.717, 1.165) is 16.7 Å². The molecule has 232 valence electrons. The maximum absolute atomic E-state index is 13.9. The van der Waals surface area contributed by atoms with Crippen LogP contribution < -0.4 is 21.0 Å². The van der Waals surface area contributed by atoms with Gasteiger partial charge >= 0.3 is 11.7 Å². The molecule has 4 rings (SSSR count). The Labute approximate surface area is 257 Å². The van der Waals surface area contributed by atoms with Gasteiger partial charge in [-0.15, -0.1) is 0 Å². The quantitative estimate of drug-likeness (QED) is 0.228. The van der Waals surface area contributed by atoms with Crippen LogP contribution in [0.25, 0.3) is 10.9 Å². The number of carbonyl (C=O) groups excluding carboxylic acids is 2. The van der Waals surface area contributed by atoms with Gasteiger partial charge in [-0.1, -0.05) is 48.5 Å². The molecule has 10 heteroatoms. The number of hydrogen-bond acceptors (Lipinski definition) is 8. The highest BCUT2D eigenvalue weighted by Gasteiger charge is 2.26. The molecule has 1 atom stereocenters. The number of benzene rings is 3. The van der Waals surface area contributed by atoms with Gasteiger partial charge in [0.2, 0.25) is 5.91 Å². The van der Waals surface area contributed by atoms with Crippen LogP contribution in [0.3, 0.4) is 0 Å². The number of likely N-dealkylation sites (N-methyl/N-ethyl adjacent to an activating group) is 1. The normalized spacial score (nSPS) is 12.0. The number of anilines is 1. The molecule has 0 saturated carbocycles. The largest absolute Gasteiger partial charge is 0.497 e. The van der Waals surface area contributed by atoms with E-state index in [4.69, 9.17) is 13.9 Å². The number of carbonyl (C=O) groups is 2. The number of alkyl carbamates (subject to hydrolysis) is 1. The number of nitrogens with zero attached hydrogens (tertiary/aromatic N) is 2. The zero-order valence-electron chi connectivity index (χ0n) is 26.1. The zero-order valence-corrected chi connectivity index (χ0v) is 26.1. The number of rotatable bonds is 11. The number of aryl methyl sites for hydroxylation is 1. The topological polar surface area (TPSA) is 123 Å². The molecule has 0 fully saturated rings. The number of methoxy groups -OCH3 is 1. The summed E-state index contributed by atoms with van der Waals surface area (Å²) in [6.45, 7) is 10.2. The lowest BCUT2D eigenvalue weighted by atomic mass is 10.0. The van der Waals surface area contributed by atoms with Gasteiger partial charge in [0.25, 0.3) is 6.01 Å². The summed E-state index contributed by atoms with van der Waals surface area (Å²) in [5, 5.41) is 6.13. The van der Waals surface area contributed by atoms with Gasteiger partial charge in [-0.2, -0.15) is 4.98 Å². The van der Waals surface area contributed by atoms with Crippen molar-refractivity contribution in [2.75, 3.05) is 19.0 Å². The lowest BCUT2D eigenvalue weighted by molar-refractivity contribution is -0.132. The first-order valence-electron chi connectivity index (χ1n) is 14.6. The third-order valence-corrected chi connectivity index (χ3v) is 7.10. The number of aromatic nitrogens is 1. The Bertz CT molecular complexity index is 1650. The molecule has 1 aromatic heterocycles. The minimum atomic E-state index is -0.765. The first-order chi connectivity index (χ1) is 21.0. The molecule has 0 aliphatic carbocycles. The van der Waals surface area contributed by atoms with Crippen molar-refractivity contribution in [1.82, 2.24) is 15.2 Å². The lowest BCUT2D eigenvalue weighted by Crippen LogP contribution is -2.44. The molecule has 0 saturated heterocycles. The number of hydrogen-bond donors (Lipinski definition) is 2. The number of ether oxygens (including phenoxy) is 2. The third-order valence-electron chi connectivity index (χ3n) is 7.10. The van der Waals surface area contributed by atoms with Crippen LogP contribution in [0.5, 0.6) is 5.75 Å². The van der Waals surface area contributed by atoms with Gasteiger partial charge < -0.3 is 29.4 Å². The molecule has 2 N–H and O–H groups in total. The van der Waals surface area contributed by atoms with Crippen molar-refractivity contribution in [3.05, 3.63) is 99.4 Å². The molecule has 0 spiro atoms. The van der Waals surface area contributed by atoms with Crippen LogP contribution >= 0.6 is 0 Å². The van der Waals surface area contributed by atoms with Crippen molar-refractivity contribution in [3.63, 3.8) is 0 Å². The van der Waals surface area contributed by atoms with E-state index in [1.54, 1.807) is 51.8 Å². The summed E-state index contributed by atoms with van der Waals surface area (Å²) in [5.41, 5.74) is 2.46. The predicted molar refractivity (Wildman–Crippen MR) is 170 cm³/mol. The molecule has 2 amide bonds. The molecular formula is C34H40N4O6. The molecule has 0 unspecified atom stereocenters. The summed E-state index contributed by atoms with van der Waals surface area (Å²) in [5.74, 6) is 0.554. The van der Waals surface area contributed by atoms with Gasteiger partial charge in [0, 0.05) is 26.1 Å². The number of fused-ring (bicyclic) bond motifs is 1. The summed E-state index contributed by atoms with van der Waals surface area (Å²) in [6.07, 6.45) is -0.228. The average molecular weight is 601 g/mol. The molecule has 44 heavy (non-hydrogen) atoms. The first-order valence-corrected chi connectivity index (χ1v) is 14.6. The van der Waals surface area contributed by atoms with E-state index in [2.05, 4.69) is 15.6 Å². The summed E-state index contributed by atoms with van der Waals surface area (Å²) in [4.78, 5) is 45.6. The van der Waals surface area contributed by atoms with Crippen LogP contribution in [-0.4, -0.2) is 47.2 Å². The van der Waals surface area contributed by atoms with E-state index in [0.29, 0.717) is 41.7 Å². The Morgan fingerprint density at radius 3 is 2.34 bits per heavy atom.